The second-order valence-corrected chi connectivity index (χ2v) is 6.53. The Balaban J connectivity index is 1.65. The Hall–Kier alpha value is -4.35. The number of rotatable bonds is 9. The van der Waals surface area contributed by atoms with Crippen molar-refractivity contribution in [1.29, 1.82) is 0 Å². The number of carbonyl (C=O) groups excluding carboxylic acids is 1. The van der Waals surface area contributed by atoms with Crippen LogP contribution in [-0.2, 0) is 6.61 Å². The lowest BCUT2D eigenvalue weighted by Gasteiger charge is -2.20. The van der Waals surface area contributed by atoms with Gasteiger partial charge in [-0.1, -0.05) is 30.3 Å². The lowest BCUT2D eigenvalue weighted by molar-refractivity contribution is 0.1000. The monoisotopic (exact) mass is 436 g/mol. The molecule has 0 saturated heterocycles. The van der Waals surface area contributed by atoms with Crippen molar-refractivity contribution in [2.75, 3.05) is 22.5 Å². The van der Waals surface area contributed by atoms with Crippen LogP contribution in [0.3, 0.4) is 0 Å². The molecule has 0 atom stereocenters. The van der Waals surface area contributed by atoms with Crippen LogP contribution in [0.2, 0.25) is 0 Å². The Kier molecular flexibility index (Phi) is 7.41. The Morgan fingerprint density at radius 3 is 2.59 bits per heavy atom. The van der Waals surface area contributed by atoms with Gasteiger partial charge < -0.3 is 37.3 Å². The van der Waals surface area contributed by atoms with E-state index in [2.05, 4.69) is 20.6 Å². The highest BCUT2D eigenvalue weighted by Gasteiger charge is 2.10. The summed E-state index contributed by atoms with van der Waals surface area (Å²) >= 11 is 0. The van der Waals surface area contributed by atoms with Gasteiger partial charge in [0.05, 0.1) is 17.6 Å². The molecule has 0 fully saturated rings. The van der Waals surface area contributed by atoms with Crippen molar-refractivity contribution in [1.82, 2.24) is 4.98 Å². The van der Waals surface area contributed by atoms with Crippen LogP contribution in [0.1, 0.15) is 15.9 Å². The number of pyridine rings is 1. The standard InChI is InChI=1S/C21H22N7O4/c22-20(29)15-6-8-17(18(10-15)32-12-14-4-2-1-3-5-14)27-21(23)26-13-25-19-9-7-16(11-24-19)28(30)31/h1-11,30H,12-13H2,(H2,22,29)(H,24,25)(H3,23,26,27)/q-1. The Bertz CT molecular complexity index is 1070. The molecule has 0 aliphatic heterocycles. The van der Waals surface area contributed by atoms with Gasteiger partial charge in [0.15, 0.2) is 5.96 Å². The summed E-state index contributed by atoms with van der Waals surface area (Å²) in [7, 11) is 0. The van der Waals surface area contributed by atoms with E-state index in [1.54, 1.807) is 12.1 Å². The summed E-state index contributed by atoms with van der Waals surface area (Å²) < 4.78 is 5.86. The van der Waals surface area contributed by atoms with Gasteiger partial charge in [0, 0.05) is 5.56 Å². The average Bonchev–Trinajstić information content (AvgIpc) is 2.79. The molecule has 1 heterocycles. The molecule has 2 aromatic carbocycles. The van der Waals surface area contributed by atoms with Gasteiger partial charge >= 0.3 is 0 Å². The molecule has 0 aliphatic carbocycles. The number of aromatic nitrogens is 1. The third-order valence-electron chi connectivity index (χ3n) is 4.24. The van der Waals surface area contributed by atoms with Crippen LogP contribution in [0.5, 0.6) is 5.75 Å². The first-order valence-electron chi connectivity index (χ1n) is 9.46. The molecule has 0 aliphatic rings. The van der Waals surface area contributed by atoms with Gasteiger partial charge in [-0.05, 0) is 35.9 Å². The first kappa shape index (κ1) is 22.3. The highest BCUT2D eigenvalue weighted by Crippen LogP contribution is 2.27. The Morgan fingerprint density at radius 2 is 1.94 bits per heavy atom. The topological polar surface area (TPSA) is 174 Å². The maximum Gasteiger partial charge on any atom is 0.248 e. The molecular weight excluding hydrogens is 414 g/mol. The second-order valence-electron chi connectivity index (χ2n) is 6.53. The largest absolute Gasteiger partial charge is 0.733 e. The maximum absolute atomic E-state index is 11.5. The molecule has 0 spiro atoms. The van der Waals surface area contributed by atoms with Crippen LogP contribution < -0.4 is 32.1 Å². The first-order chi connectivity index (χ1) is 15.4. The van der Waals surface area contributed by atoms with Crippen molar-refractivity contribution in [3.05, 3.63) is 83.2 Å². The summed E-state index contributed by atoms with van der Waals surface area (Å²) in [6.07, 6.45) is 1.21. The molecule has 7 N–H and O–H groups in total. The maximum atomic E-state index is 11.5. The van der Waals surface area contributed by atoms with E-state index < -0.39 is 5.91 Å². The van der Waals surface area contributed by atoms with Gasteiger partial charge in [-0.15, -0.1) is 0 Å². The number of guanidine groups is 1. The van der Waals surface area contributed by atoms with E-state index in [0.29, 0.717) is 22.8 Å². The van der Waals surface area contributed by atoms with E-state index in [1.807, 2.05) is 30.3 Å². The number of ether oxygens (including phenoxy) is 1. The molecule has 0 bridgehead atoms. The summed E-state index contributed by atoms with van der Waals surface area (Å²) in [5, 5.41) is 25.1. The molecule has 11 heteroatoms. The molecule has 0 radical (unpaired) electrons. The van der Waals surface area contributed by atoms with Gasteiger partial charge in [0.1, 0.15) is 24.8 Å². The zero-order valence-corrected chi connectivity index (χ0v) is 16.9. The lowest BCUT2D eigenvalue weighted by Crippen LogP contribution is -2.24. The number of anilines is 3. The molecule has 3 rings (SSSR count). The van der Waals surface area contributed by atoms with E-state index in [9.17, 15) is 10.0 Å². The van der Waals surface area contributed by atoms with E-state index in [4.69, 9.17) is 21.4 Å². The van der Waals surface area contributed by atoms with E-state index >= 15 is 0 Å². The number of hydrogen-bond acceptors (Lipinski definition) is 8. The van der Waals surface area contributed by atoms with Crippen LogP contribution in [-0.4, -0.2) is 28.7 Å². The zero-order chi connectivity index (χ0) is 22.9. The van der Waals surface area contributed by atoms with Crippen molar-refractivity contribution >= 4 is 29.1 Å². The number of amides is 1. The van der Waals surface area contributed by atoms with Crippen LogP contribution >= 0.6 is 0 Å². The van der Waals surface area contributed by atoms with Crippen LogP contribution in [0.25, 0.3) is 0 Å². The van der Waals surface area contributed by atoms with Gasteiger partial charge in [-0.25, -0.2) is 9.98 Å². The molecule has 1 amide bonds. The number of aliphatic imine (C=N–C) groups is 1. The second kappa shape index (κ2) is 10.6. The predicted octanol–water partition coefficient (Wildman–Crippen LogP) is 2.25. The van der Waals surface area contributed by atoms with Crippen LogP contribution in [0.15, 0.2) is 71.9 Å². The van der Waals surface area contributed by atoms with Crippen molar-refractivity contribution in [2.45, 2.75) is 6.61 Å². The Morgan fingerprint density at radius 1 is 1.16 bits per heavy atom. The molecule has 1 aromatic heterocycles. The number of nitrogens with one attached hydrogen (secondary N) is 2. The van der Waals surface area contributed by atoms with E-state index in [-0.39, 0.29) is 30.1 Å². The molecule has 0 saturated carbocycles. The minimum atomic E-state index is -0.577. The van der Waals surface area contributed by atoms with Crippen LogP contribution in [0, 0.1) is 5.21 Å². The van der Waals surface area contributed by atoms with Crippen molar-refractivity contribution < 1.29 is 14.7 Å². The number of nitrogens with zero attached hydrogens (tertiary/aromatic N) is 3. The molecule has 3 aromatic rings. The van der Waals surface area contributed by atoms with Crippen LogP contribution in [0.4, 0.5) is 17.2 Å². The minimum absolute atomic E-state index is 0.00247. The smallest absolute Gasteiger partial charge is 0.248 e. The van der Waals surface area contributed by atoms with Crippen molar-refractivity contribution in [3.63, 3.8) is 0 Å². The quantitative estimate of drug-likeness (QED) is 0.191. The molecule has 11 nitrogen and oxygen atoms in total. The summed E-state index contributed by atoms with van der Waals surface area (Å²) in [5.41, 5.74) is 13.1. The summed E-state index contributed by atoms with van der Waals surface area (Å²) in [6, 6.07) is 17.2. The predicted molar refractivity (Wildman–Crippen MR) is 121 cm³/mol. The summed E-state index contributed by atoms with van der Waals surface area (Å²) in [5.74, 6) is 0.336. The van der Waals surface area contributed by atoms with Gasteiger partial charge in [0.2, 0.25) is 5.91 Å². The lowest BCUT2D eigenvalue weighted by atomic mass is 10.1. The van der Waals surface area contributed by atoms with Gasteiger partial charge in [-0.2, -0.15) is 0 Å². The normalized spacial score (nSPS) is 11.0. The minimum Gasteiger partial charge on any atom is -0.733 e. The number of benzene rings is 2. The molecule has 0 unspecified atom stereocenters. The fourth-order valence-electron chi connectivity index (χ4n) is 2.62. The number of nitrogens with two attached hydrogens (primary N) is 2. The molecular formula is C21H22N7O4-. The summed E-state index contributed by atoms with van der Waals surface area (Å²) in [6.45, 7) is 0.373. The number of primary amides is 1. The first-order valence-corrected chi connectivity index (χ1v) is 9.46. The van der Waals surface area contributed by atoms with Gasteiger partial charge in [0.25, 0.3) is 0 Å². The highest BCUT2D eigenvalue weighted by atomic mass is 16.8. The van der Waals surface area contributed by atoms with Crippen molar-refractivity contribution in [2.24, 2.45) is 16.5 Å². The third kappa shape index (κ3) is 6.32. The fraction of sp³-hybridized carbons (Fsp3) is 0.0952. The zero-order valence-electron chi connectivity index (χ0n) is 16.9. The highest BCUT2D eigenvalue weighted by molar-refractivity contribution is 5.97. The SMILES string of the molecule is NC(=O)c1ccc(NC(N)=NCNc2ccc(N([O-])O)cn2)c(OCc2ccccc2)c1. The van der Waals surface area contributed by atoms with Crippen molar-refractivity contribution in [3.8, 4) is 5.75 Å². The summed E-state index contributed by atoms with van der Waals surface area (Å²) in [4.78, 5) is 19.7. The molecule has 166 valence electrons. The third-order valence-corrected chi connectivity index (χ3v) is 4.24. The van der Waals surface area contributed by atoms with E-state index in [1.165, 1.54) is 24.4 Å². The molecule has 32 heavy (non-hydrogen) atoms. The Labute approximate surface area is 183 Å². The average molecular weight is 436 g/mol. The van der Waals surface area contributed by atoms with E-state index in [0.717, 1.165) is 5.56 Å². The number of hydrogen-bond donors (Lipinski definition) is 5. The number of carbonyl (C=O) groups is 1. The van der Waals surface area contributed by atoms with Gasteiger partial charge in [-0.3, -0.25) is 10.0 Å². The fourth-order valence-corrected chi connectivity index (χ4v) is 2.62.